The molecule has 0 fully saturated rings. The maximum atomic E-state index is 5.62. The van der Waals surface area contributed by atoms with E-state index in [4.69, 9.17) is 14.2 Å². The van der Waals surface area contributed by atoms with E-state index in [1.807, 2.05) is 18.3 Å². The zero-order valence-corrected chi connectivity index (χ0v) is 15.9. The number of hydrogen-bond acceptors (Lipinski definition) is 4. The van der Waals surface area contributed by atoms with Gasteiger partial charge in [-0.15, -0.1) is 0 Å². The maximum absolute atomic E-state index is 5.62. The second kappa shape index (κ2) is 12.4. The summed E-state index contributed by atoms with van der Waals surface area (Å²) in [5.41, 5.74) is 1.10. The molecule has 0 aliphatic rings. The molecule has 0 N–H and O–H groups in total. The molecule has 0 aliphatic heterocycles. The lowest BCUT2D eigenvalue weighted by Gasteiger charge is -2.36. The zero-order valence-electron chi connectivity index (χ0n) is 15.9. The molecule has 1 atom stereocenters. The molecule has 1 rings (SSSR count). The van der Waals surface area contributed by atoms with Gasteiger partial charge in [-0.2, -0.15) is 0 Å². The van der Waals surface area contributed by atoms with Gasteiger partial charge < -0.3 is 14.2 Å². The fourth-order valence-electron chi connectivity index (χ4n) is 3.29. The predicted molar refractivity (Wildman–Crippen MR) is 97.8 cm³/mol. The minimum Gasteiger partial charge on any atom is -0.331 e. The number of methoxy groups -OCH3 is 3. The molecule has 0 bridgehead atoms. The van der Waals surface area contributed by atoms with E-state index in [1.54, 1.807) is 21.3 Å². The molecule has 1 unspecified atom stereocenters. The van der Waals surface area contributed by atoms with Crippen LogP contribution in [0.25, 0.3) is 0 Å². The average molecular weight is 338 g/mol. The molecule has 1 heterocycles. The van der Waals surface area contributed by atoms with Gasteiger partial charge in [-0.1, -0.05) is 51.5 Å². The number of nitrogens with zero attached hydrogens (tertiary/aromatic N) is 1. The summed E-state index contributed by atoms with van der Waals surface area (Å²) in [5.74, 6) is -0.774. The summed E-state index contributed by atoms with van der Waals surface area (Å²) in [6, 6.07) is 6.04. The molecule has 1 aromatic heterocycles. The van der Waals surface area contributed by atoms with Crippen molar-refractivity contribution in [2.24, 2.45) is 5.92 Å². The first kappa shape index (κ1) is 21.1. The number of hydrogen-bond donors (Lipinski definition) is 0. The van der Waals surface area contributed by atoms with Crippen molar-refractivity contribution in [3.63, 3.8) is 0 Å². The Balaban J connectivity index is 2.58. The van der Waals surface area contributed by atoms with Gasteiger partial charge in [0.15, 0.2) is 0 Å². The Labute approximate surface area is 147 Å². The highest BCUT2D eigenvalue weighted by molar-refractivity contribution is 5.03. The minimum atomic E-state index is -0.960. The highest BCUT2D eigenvalue weighted by atomic mass is 16.9. The molecule has 0 aromatic carbocycles. The Bertz CT molecular complexity index is 398. The molecule has 0 amide bonds. The van der Waals surface area contributed by atoms with Crippen molar-refractivity contribution >= 4 is 0 Å². The topological polar surface area (TPSA) is 40.6 Å². The third kappa shape index (κ3) is 6.88. The molecule has 4 nitrogen and oxygen atoms in total. The van der Waals surface area contributed by atoms with Crippen molar-refractivity contribution in [2.75, 3.05) is 21.3 Å². The highest BCUT2D eigenvalue weighted by Gasteiger charge is 2.39. The van der Waals surface area contributed by atoms with Gasteiger partial charge in [0, 0.05) is 39.1 Å². The van der Waals surface area contributed by atoms with Crippen molar-refractivity contribution in [3.05, 3.63) is 30.1 Å². The summed E-state index contributed by atoms with van der Waals surface area (Å²) in [7, 11) is 4.96. The van der Waals surface area contributed by atoms with Gasteiger partial charge in [-0.3, -0.25) is 4.98 Å². The SMILES string of the molecule is CCCCCCCCC(CCc1ccccn1)C(OC)(OC)OC. The van der Waals surface area contributed by atoms with E-state index in [9.17, 15) is 0 Å². The predicted octanol–water partition coefficient (Wildman–Crippen LogP) is 4.97. The Morgan fingerprint density at radius 1 is 0.917 bits per heavy atom. The van der Waals surface area contributed by atoms with E-state index >= 15 is 0 Å². The Morgan fingerprint density at radius 3 is 2.17 bits per heavy atom. The number of aryl methyl sites for hydroxylation is 1. The van der Waals surface area contributed by atoms with Crippen molar-refractivity contribution in [1.82, 2.24) is 4.98 Å². The molecular weight excluding hydrogens is 302 g/mol. The fraction of sp³-hybridized carbons (Fsp3) is 0.750. The third-order valence-electron chi connectivity index (χ3n) is 4.73. The molecule has 138 valence electrons. The van der Waals surface area contributed by atoms with Crippen molar-refractivity contribution in [2.45, 2.75) is 70.7 Å². The monoisotopic (exact) mass is 337 g/mol. The van der Waals surface area contributed by atoms with Crippen LogP contribution in [0.15, 0.2) is 24.4 Å². The first-order valence-corrected chi connectivity index (χ1v) is 9.27. The summed E-state index contributed by atoms with van der Waals surface area (Å²) in [6.45, 7) is 2.25. The molecule has 0 radical (unpaired) electrons. The molecular formula is C20H35NO3. The number of aromatic nitrogens is 1. The lowest BCUT2D eigenvalue weighted by molar-refractivity contribution is -0.380. The maximum Gasteiger partial charge on any atom is 0.285 e. The Kier molecular flexibility index (Phi) is 10.9. The molecule has 4 heteroatoms. The molecule has 1 aromatic rings. The van der Waals surface area contributed by atoms with Crippen molar-refractivity contribution < 1.29 is 14.2 Å². The van der Waals surface area contributed by atoms with E-state index < -0.39 is 5.97 Å². The van der Waals surface area contributed by atoms with Gasteiger partial charge >= 0.3 is 0 Å². The van der Waals surface area contributed by atoms with Gasteiger partial charge in [0.05, 0.1) is 0 Å². The normalized spacial score (nSPS) is 13.2. The highest BCUT2D eigenvalue weighted by Crippen LogP contribution is 2.32. The third-order valence-corrected chi connectivity index (χ3v) is 4.73. The number of rotatable bonds is 14. The zero-order chi connectivity index (χ0) is 17.7. The van der Waals surface area contributed by atoms with E-state index in [0.717, 1.165) is 25.0 Å². The van der Waals surface area contributed by atoms with E-state index in [1.165, 1.54) is 38.5 Å². The average Bonchev–Trinajstić information content (AvgIpc) is 2.64. The quantitative estimate of drug-likeness (QED) is 0.355. The van der Waals surface area contributed by atoms with Crippen molar-refractivity contribution in [1.29, 1.82) is 0 Å². The van der Waals surface area contributed by atoms with Crippen LogP contribution < -0.4 is 0 Å². The molecule has 0 spiro atoms. The first-order chi connectivity index (χ1) is 11.7. The second-order valence-electron chi connectivity index (χ2n) is 6.33. The summed E-state index contributed by atoms with van der Waals surface area (Å²) in [6.07, 6.45) is 12.4. The summed E-state index contributed by atoms with van der Waals surface area (Å²) in [5, 5.41) is 0. The van der Waals surface area contributed by atoms with Crippen LogP contribution in [0, 0.1) is 5.92 Å². The second-order valence-corrected chi connectivity index (χ2v) is 6.33. The molecule has 0 aliphatic carbocycles. The van der Waals surface area contributed by atoms with Gasteiger partial charge in [0.2, 0.25) is 0 Å². The van der Waals surface area contributed by atoms with Gasteiger partial charge in [0.25, 0.3) is 5.97 Å². The molecule has 0 saturated carbocycles. The summed E-state index contributed by atoms with van der Waals surface area (Å²) >= 11 is 0. The largest absolute Gasteiger partial charge is 0.331 e. The van der Waals surface area contributed by atoms with Crippen LogP contribution >= 0.6 is 0 Å². The van der Waals surface area contributed by atoms with Crippen LogP contribution in [0.2, 0.25) is 0 Å². The smallest absolute Gasteiger partial charge is 0.285 e. The first-order valence-electron chi connectivity index (χ1n) is 9.27. The number of ether oxygens (including phenoxy) is 3. The lowest BCUT2D eigenvalue weighted by Crippen LogP contribution is -2.44. The summed E-state index contributed by atoms with van der Waals surface area (Å²) < 4.78 is 16.9. The molecule has 24 heavy (non-hydrogen) atoms. The van der Waals surface area contributed by atoms with Crippen LogP contribution in [-0.4, -0.2) is 32.3 Å². The van der Waals surface area contributed by atoms with E-state index in [2.05, 4.69) is 18.0 Å². The summed E-state index contributed by atoms with van der Waals surface area (Å²) in [4.78, 5) is 4.42. The molecule has 0 saturated heterocycles. The van der Waals surface area contributed by atoms with Crippen LogP contribution in [-0.2, 0) is 20.6 Å². The number of pyridine rings is 1. The lowest BCUT2D eigenvalue weighted by atomic mass is 9.92. The van der Waals surface area contributed by atoms with E-state index in [-0.39, 0.29) is 5.92 Å². The van der Waals surface area contributed by atoms with Crippen LogP contribution in [0.5, 0.6) is 0 Å². The van der Waals surface area contributed by atoms with Crippen LogP contribution in [0.1, 0.15) is 64.0 Å². The van der Waals surface area contributed by atoms with E-state index in [0.29, 0.717) is 0 Å². The minimum absolute atomic E-state index is 0.186. The van der Waals surface area contributed by atoms with Gasteiger partial charge in [0.1, 0.15) is 0 Å². The number of unbranched alkanes of at least 4 members (excludes halogenated alkanes) is 5. The fourth-order valence-corrected chi connectivity index (χ4v) is 3.29. The van der Waals surface area contributed by atoms with Gasteiger partial charge in [-0.25, -0.2) is 0 Å². The van der Waals surface area contributed by atoms with Crippen molar-refractivity contribution in [3.8, 4) is 0 Å². The Morgan fingerprint density at radius 2 is 1.58 bits per heavy atom. The standard InChI is InChI=1S/C20H35NO3/c1-5-6-7-8-9-10-13-18(20(22-2,23-3)24-4)15-16-19-14-11-12-17-21-19/h11-12,14,17-18H,5-10,13,15-16H2,1-4H3. The van der Waals surface area contributed by atoms with Crippen LogP contribution in [0.3, 0.4) is 0 Å². The van der Waals surface area contributed by atoms with Crippen LogP contribution in [0.4, 0.5) is 0 Å². The Hall–Kier alpha value is -0.970. The van der Waals surface area contributed by atoms with Gasteiger partial charge in [-0.05, 0) is 31.4 Å².